The summed E-state index contributed by atoms with van der Waals surface area (Å²) in [6.45, 7) is 7.66. The average molecular weight is 535 g/mol. The molecule has 0 aliphatic heterocycles. The van der Waals surface area contributed by atoms with Crippen LogP contribution in [0.4, 0.5) is 0 Å². The van der Waals surface area contributed by atoms with Crippen LogP contribution in [0.1, 0.15) is 52.5 Å². The molecule has 0 bridgehead atoms. The third-order valence-corrected chi connectivity index (χ3v) is 6.41. The van der Waals surface area contributed by atoms with Crippen LogP contribution in [0.2, 0.25) is 0 Å². The van der Waals surface area contributed by atoms with Gasteiger partial charge in [0.2, 0.25) is 24.1 Å². The molecule has 0 saturated heterocycles. The smallest absolute Gasteiger partial charge is 0.243 e. The molecule has 9 nitrogen and oxygen atoms in total. The molecule has 0 aliphatic carbocycles. The van der Waals surface area contributed by atoms with E-state index in [0.29, 0.717) is 25.0 Å². The molecular formula is C27H42N4O5S. The number of thioether (sulfide) groups is 1. The summed E-state index contributed by atoms with van der Waals surface area (Å²) in [5, 5.41) is 10.8. The molecule has 0 aliphatic rings. The van der Waals surface area contributed by atoms with Gasteiger partial charge in [-0.05, 0) is 36.3 Å². The Kier molecular flexibility index (Phi) is 15.3. The number of benzene rings is 1. The molecule has 10 heteroatoms. The van der Waals surface area contributed by atoms with Crippen molar-refractivity contribution >= 4 is 41.7 Å². The van der Waals surface area contributed by atoms with E-state index >= 15 is 0 Å². The van der Waals surface area contributed by atoms with Gasteiger partial charge >= 0.3 is 0 Å². The largest absolute Gasteiger partial charge is 0.354 e. The van der Waals surface area contributed by atoms with Gasteiger partial charge in [0.15, 0.2) is 0 Å². The van der Waals surface area contributed by atoms with E-state index in [1.54, 1.807) is 11.8 Å². The Morgan fingerprint density at radius 2 is 1.51 bits per heavy atom. The predicted molar refractivity (Wildman–Crippen MR) is 147 cm³/mol. The number of amides is 4. The van der Waals surface area contributed by atoms with E-state index in [1.807, 2.05) is 64.3 Å². The zero-order chi connectivity index (χ0) is 27.8. The van der Waals surface area contributed by atoms with E-state index in [2.05, 4.69) is 21.3 Å². The van der Waals surface area contributed by atoms with Crippen molar-refractivity contribution in [3.8, 4) is 0 Å². The maximum Gasteiger partial charge on any atom is 0.243 e. The Hall–Kier alpha value is -2.88. The van der Waals surface area contributed by atoms with Gasteiger partial charge in [-0.15, -0.1) is 0 Å². The highest BCUT2D eigenvalue weighted by Crippen LogP contribution is 2.09. The number of carbonyl (C=O) groups excluding carboxylic acids is 5. The molecule has 0 radical (unpaired) electrons. The molecule has 206 valence electrons. The zero-order valence-electron chi connectivity index (χ0n) is 22.5. The lowest BCUT2D eigenvalue weighted by Crippen LogP contribution is -2.57. The molecule has 37 heavy (non-hydrogen) atoms. The van der Waals surface area contributed by atoms with Crippen LogP contribution in [-0.4, -0.2) is 66.6 Å². The van der Waals surface area contributed by atoms with Crippen molar-refractivity contribution in [1.82, 2.24) is 21.3 Å². The van der Waals surface area contributed by atoms with Crippen molar-refractivity contribution in [2.75, 3.05) is 18.6 Å². The van der Waals surface area contributed by atoms with Crippen LogP contribution in [0.15, 0.2) is 30.3 Å². The van der Waals surface area contributed by atoms with E-state index in [4.69, 9.17) is 0 Å². The quantitative estimate of drug-likeness (QED) is 0.213. The van der Waals surface area contributed by atoms with Crippen molar-refractivity contribution in [2.24, 2.45) is 11.8 Å². The predicted octanol–water partition coefficient (Wildman–Crippen LogP) is 1.84. The maximum absolute atomic E-state index is 13.3. The summed E-state index contributed by atoms with van der Waals surface area (Å²) in [4.78, 5) is 62.2. The summed E-state index contributed by atoms with van der Waals surface area (Å²) in [5.41, 5.74) is 0.859. The second kappa shape index (κ2) is 17.6. The van der Waals surface area contributed by atoms with Crippen molar-refractivity contribution in [2.45, 2.75) is 71.5 Å². The SMILES string of the molecule is CSCCC(NC=O)C(=O)NC(CC(C)C)C(=O)NC(Cc1ccccc1)C(=O)NCCC(=O)C(C)C. The Bertz CT molecular complexity index is 879. The van der Waals surface area contributed by atoms with Gasteiger partial charge in [0.25, 0.3) is 0 Å². The van der Waals surface area contributed by atoms with Gasteiger partial charge in [-0.2, -0.15) is 11.8 Å². The van der Waals surface area contributed by atoms with E-state index in [-0.39, 0.29) is 37.0 Å². The molecule has 1 aromatic carbocycles. The molecule has 0 aromatic heterocycles. The van der Waals surface area contributed by atoms with Crippen LogP contribution >= 0.6 is 11.8 Å². The molecule has 3 atom stereocenters. The van der Waals surface area contributed by atoms with Crippen LogP contribution in [0.3, 0.4) is 0 Å². The lowest BCUT2D eigenvalue weighted by molar-refractivity contribution is -0.133. The second-order valence-corrected chi connectivity index (χ2v) is 10.7. The molecular weight excluding hydrogens is 492 g/mol. The van der Waals surface area contributed by atoms with Crippen molar-refractivity contribution < 1.29 is 24.0 Å². The highest BCUT2D eigenvalue weighted by atomic mass is 32.2. The second-order valence-electron chi connectivity index (χ2n) is 9.72. The number of carbonyl (C=O) groups is 5. The zero-order valence-corrected chi connectivity index (χ0v) is 23.4. The highest BCUT2D eigenvalue weighted by Gasteiger charge is 2.29. The summed E-state index contributed by atoms with van der Waals surface area (Å²) in [7, 11) is 0. The summed E-state index contributed by atoms with van der Waals surface area (Å²) < 4.78 is 0. The summed E-state index contributed by atoms with van der Waals surface area (Å²) in [6, 6.07) is 6.77. The van der Waals surface area contributed by atoms with Crippen molar-refractivity contribution in [3.63, 3.8) is 0 Å². The van der Waals surface area contributed by atoms with Crippen LogP contribution < -0.4 is 21.3 Å². The Labute approximate surface area is 224 Å². The number of hydrogen-bond donors (Lipinski definition) is 4. The van der Waals surface area contributed by atoms with Gasteiger partial charge in [0.1, 0.15) is 23.9 Å². The molecule has 0 heterocycles. The average Bonchev–Trinajstić information content (AvgIpc) is 2.85. The van der Waals surface area contributed by atoms with E-state index in [1.165, 1.54) is 0 Å². The van der Waals surface area contributed by atoms with E-state index in [9.17, 15) is 24.0 Å². The third kappa shape index (κ3) is 12.8. The fraction of sp³-hybridized carbons (Fsp3) is 0.593. The monoisotopic (exact) mass is 534 g/mol. The fourth-order valence-corrected chi connectivity index (χ4v) is 4.11. The maximum atomic E-state index is 13.3. The number of rotatable bonds is 18. The lowest BCUT2D eigenvalue weighted by Gasteiger charge is -2.26. The minimum Gasteiger partial charge on any atom is -0.354 e. The van der Waals surface area contributed by atoms with Crippen LogP contribution in [0, 0.1) is 11.8 Å². The molecule has 3 unspecified atom stereocenters. The molecule has 0 saturated carbocycles. The van der Waals surface area contributed by atoms with Crippen LogP contribution in [0.25, 0.3) is 0 Å². The number of hydrogen-bond acceptors (Lipinski definition) is 6. The fourth-order valence-electron chi connectivity index (χ4n) is 3.64. The normalized spacial score (nSPS) is 13.4. The molecule has 4 amide bonds. The van der Waals surface area contributed by atoms with Crippen molar-refractivity contribution in [3.05, 3.63) is 35.9 Å². The van der Waals surface area contributed by atoms with Gasteiger partial charge in [-0.25, -0.2) is 0 Å². The number of nitrogens with one attached hydrogen (secondary N) is 4. The minimum absolute atomic E-state index is 0.0450. The Balaban J connectivity index is 3.01. The number of ketones is 1. The first-order valence-corrected chi connectivity index (χ1v) is 14.1. The first-order chi connectivity index (χ1) is 17.6. The van der Waals surface area contributed by atoms with E-state index in [0.717, 1.165) is 5.56 Å². The van der Waals surface area contributed by atoms with Gasteiger partial charge in [-0.3, -0.25) is 24.0 Å². The van der Waals surface area contributed by atoms with Gasteiger partial charge in [-0.1, -0.05) is 58.0 Å². The van der Waals surface area contributed by atoms with Gasteiger partial charge in [0, 0.05) is 25.3 Å². The molecule has 1 aromatic rings. The summed E-state index contributed by atoms with van der Waals surface area (Å²) >= 11 is 1.55. The first-order valence-electron chi connectivity index (χ1n) is 12.7. The van der Waals surface area contributed by atoms with Gasteiger partial charge < -0.3 is 21.3 Å². The Morgan fingerprint density at radius 3 is 2.08 bits per heavy atom. The molecule has 1 rings (SSSR count). The highest BCUT2D eigenvalue weighted by molar-refractivity contribution is 7.98. The molecule has 4 N–H and O–H groups in total. The molecule has 0 fully saturated rings. The van der Waals surface area contributed by atoms with Gasteiger partial charge in [0.05, 0.1) is 0 Å². The first kappa shape index (κ1) is 32.1. The minimum atomic E-state index is -0.893. The van der Waals surface area contributed by atoms with Crippen LogP contribution in [0.5, 0.6) is 0 Å². The lowest BCUT2D eigenvalue weighted by atomic mass is 10.0. The van der Waals surface area contributed by atoms with E-state index < -0.39 is 35.8 Å². The molecule has 0 spiro atoms. The van der Waals surface area contributed by atoms with Crippen molar-refractivity contribution in [1.29, 1.82) is 0 Å². The topological polar surface area (TPSA) is 133 Å². The third-order valence-electron chi connectivity index (χ3n) is 5.77. The summed E-state index contributed by atoms with van der Waals surface area (Å²) in [6.07, 6.45) is 3.63. The summed E-state index contributed by atoms with van der Waals surface area (Å²) in [5.74, 6) is -0.649. The number of Topliss-reactive ketones (excluding diaryl/α,β-unsaturated/α-hetero) is 1. The Morgan fingerprint density at radius 1 is 0.892 bits per heavy atom. The van der Waals surface area contributed by atoms with Crippen LogP contribution in [-0.2, 0) is 30.4 Å². The standard InChI is InChI=1S/C27H42N4O5S/c1-18(2)15-22(30-26(35)21(29-17-32)12-14-37-5)27(36)31-23(16-20-9-7-6-8-10-20)25(34)28-13-11-24(33)19(3)4/h6-10,17-19,21-23H,11-16H2,1-5H3,(H,28,34)(H,29,32)(H,30,35)(H,31,36).